The van der Waals surface area contributed by atoms with Crippen molar-refractivity contribution in [1.82, 2.24) is 4.90 Å². The van der Waals surface area contributed by atoms with Crippen LogP contribution in [0, 0.1) is 0 Å². The van der Waals surface area contributed by atoms with Crippen LogP contribution in [0.15, 0.2) is 30.3 Å². The van der Waals surface area contributed by atoms with Crippen molar-refractivity contribution in [2.45, 2.75) is 72.3 Å². The number of carbonyl (C=O) groups excluding carboxylic acids is 1. The molecule has 0 amide bonds. The van der Waals surface area contributed by atoms with Gasteiger partial charge in [0.15, 0.2) is 0 Å². The van der Waals surface area contributed by atoms with Gasteiger partial charge in [-0.05, 0) is 24.8 Å². The minimum atomic E-state index is -0.917. The van der Waals surface area contributed by atoms with Crippen LogP contribution in [-0.2, 0) is 16.1 Å². The Morgan fingerprint density at radius 2 is 1.41 bits per heavy atom. The van der Waals surface area contributed by atoms with Gasteiger partial charge in [-0.25, -0.2) is 0 Å². The molecule has 0 aliphatic rings. The third-order valence-electron chi connectivity index (χ3n) is 5.96. The van der Waals surface area contributed by atoms with Crippen molar-refractivity contribution in [3.05, 3.63) is 35.9 Å². The Morgan fingerprint density at radius 3 is 1.90 bits per heavy atom. The first-order valence-electron chi connectivity index (χ1n) is 11.8. The van der Waals surface area contributed by atoms with Crippen LogP contribution in [0.3, 0.4) is 0 Å². The summed E-state index contributed by atoms with van der Waals surface area (Å²) < 4.78 is 4.90. The number of hydrogen-bond acceptors (Lipinski definition) is 3. The summed E-state index contributed by atoms with van der Waals surface area (Å²) in [6.07, 6.45) is 14.2. The van der Waals surface area contributed by atoms with Crippen LogP contribution < -0.4 is 0 Å². The fourth-order valence-corrected chi connectivity index (χ4v) is 8.98. The van der Waals surface area contributed by atoms with Gasteiger partial charge in [0.05, 0.1) is 38.2 Å². The number of esters is 1. The van der Waals surface area contributed by atoms with Crippen LogP contribution in [0.4, 0.5) is 0 Å². The summed E-state index contributed by atoms with van der Waals surface area (Å²) in [5, 5.41) is 0. The van der Waals surface area contributed by atoms with Gasteiger partial charge in [-0.1, -0.05) is 70.4 Å². The Bertz CT molecular complexity index is 513. The second kappa shape index (κ2) is 15.9. The molecule has 0 heterocycles. The van der Waals surface area contributed by atoms with E-state index in [0.717, 1.165) is 19.6 Å². The molecule has 0 spiro atoms. The van der Waals surface area contributed by atoms with E-state index in [-0.39, 0.29) is 5.97 Å². The highest BCUT2D eigenvalue weighted by atomic mass is 31.2. The lowest BCUT2D eigenvalue weighted by Gasteiger charge is -2.31. The first kappa shape index (κ1) is 26.1. The average molecular weight is 423 g/mol. The normalized spacial score (nSPS) is 11.8. The third-order valence-corrected chi connectivity index (χ3v) is 10.9. The van der Waals surface area contributed by atoms with Gasteiger partial charge in [-0.15, -0.1) is 0 Å². The van der Waals surface area contributed by atoms with E-state index in [1.54, 1.807) is 0 Å². The molecule has 0 bridgehead atoms. The van der Waals surface area contributed by atoms with Crippen molar-refractivity contribution in [2.24, 2.45) is 0 Å². The molecule has 0 saturated heterocycles. The van der Waals surface area contributed by atoms with Gasteiger partial charge in [0.1, 0.15) is 0 Å². The summed E-state index contributed by atoms with van der Waals surface area (Å²) in [5.74, 6) is -0.105. The van der Waals surface area contributed by atoms with Gasteiger partial charge in [-0.3, -0.25) is 9.69 Å². The van der Waals surface area contributed by atoms with Crippen molar-refractivity contribution in [3.8, 4) is 0 Å². The van der Waals surface area contributed by atoms with Crippen molar-refractivity contribution < 1.29 is 9.53 Å². The van der Waals surface area contributed by atoms with Crippen LogP contribution >= 0.6 is 7.26 Å². The molecule has 0 saturated carbocycles. The van der Waals surface area contributed by atoms with E-state index in [9.17, 15) is 4.79 Å². The first-order chi connectivity index (χ1) is 14.1. The van der Waals surface area contributed by atoms with Crippen molar-refractivity contribution in [1.29, 1.82) is 0 Å². The fraction of sp³-hybridized carbons (Fsp3) is 0.720. The average Bonchev–Trinajstić information content (AvgIpc) is 2.76. The van der Waals surface area contributed by atoms with E-state index in [1.807, 2.05) is 0 Å². The van der Waals surface area contributed by atoms with Crippen molar-refractivity contribution >= 4 is 13.2 Å². The highest BCUT2D eigenvalue weighted by molar-refractivity contribution is 7.75. The van der Waals surface area contributed by atoms with E-state index in [0.29, 0.717) is 6.42 Å². The Morgan fingerprint density at radius 1 is 0.862 bits per heavy atom. The molecule has 0 aliphatic heterocycles. The molecule has 0 unspecified atom stereocenters. The van der Waals surface area contributed by atoms with E-state index < -0.39 is 7.26 Å². The van der Waals surface area contributed by atoms with Crippen molar-refractivity contribution in [3.63, 3.8) is 0 Å². The first-order valence-corrected chi connectivity index (χ1v) is 14.3. The maximum Gasteiger partial charge on any atom is 0.306 e. The predicted octanol–water partition coefficient (Wildman–Crippen LogP) is 6.47. The number of hydrogen-bond donors (Lipinski definition) is 0. The summed E-state index contributed by atoms with van der Waals surface area (Å²) >= 11 is 0. The lowest BCUT2D eigenvalue weighted by Crippen LogP contribution is -2.31. The van der Waals surface area contributed by atoms with Gasteiger partial charge in [0, 0.05) is 26.9 Å². The summed E-state index contributed by atoms with van der Waals surface area (Å²) in [4.78, 5) is 14.2. The summed E-state index contributed by atoms with van der Waals surface area (Å²) in [7, 11) is 0.570. The van der Waals surface area contributed by atoms with Crippen LogP contribution in [0.5, 0.6) is 0 Å². The summed E-state index contributed by atoms with van der Waals surface area (Å²) in [6.45, 7) is 9.80. The monoisotopic (exact) mass is 422 g/mol. The molecule has 0 aromatic heterocycles. The maximum atomic E-state index is 11.8. The molecular formula is C25H45NO2P+. The zero-order valence-electron chi connectivity index (χ0n) is 19.5. The Kier molecular flexibility index (Phi) is 14.3. The van der Waals surface area contributed by atoms with Gasteiger partial charge in [0.25, 0.3) is 0 Å². The number of unbranched alkanes of at least 4 members (excludes halogenated alkanes) is 3. The molecule has 4 heteroatoms. The van der Waals surface area contributed by atoms with Crippen LogP contribution in [-0.4, -0.2) is 55.7 Å². The second-order valence-electron chi connectivity index (χ2n) is 8.38. The quantitative estimate of drug-likeness (QED) is 0.213. The molecule has 29 heavy (non-hydrogen) atoms. The molecule has 0 atom stereocenters. The SMILES string of the molecule is CCCC[P+](CCCC)(CCCC)CCN(CCC(=O)OC)Cc1ccccc1. The molecule has 1 rings (SSSR count). The lowest BCUT2D eigenvalue weighted by molar-refractivity contribution is -0.141. The molecule has 0 radical (unpaired) electrons. The molecule has 1 aromatic rings. The molecule has 166 valence electrons. The van der Waals surface area contributed by atoms with Gasteiger partial charge >= 0.3 is 5.97 Å². The second-order valence-corrected chi connectivity index (χ2v) is 12.9. The molecule has 0 aliphatic carbocycles. The molecular weight excluding hydrogens is 377 g/mol. The number of carbonyl (C=O) groups is 1. The van der Waals surface area contributed by atoms with Crippen LogP contribution in [0.2, 0.25) is 0 Å². The van der Waals surface area contributed by atoms with E-state index in [4.69, 9.17) is 4.74 Å². The number of ether oxygens (including phenoxy) is 1. The zero-order chi connectivity index (χ0) is 21.4. The largest absolute Gasteiger partial charge is 0.469 e. The number of rotatable bonds is 17. The third kappa shape index (κ3) is 11.2. The minimum Gasteiger partial charge on any atom is -0.469 e. The highest BCUT2D eigenvalue weighted by Gasteiger charge is 2.35. The van der Waals surface area contributed by atoms with E-state index in [2.05, 4.69) is 56.0 Å². The molecule has 0 fully saturated rings. The molecule has 1 aromatic carbocycles. The Balaban J connectivity index is 2.86. The zero-order valence-corrected chi connectivity index (χ0v) is 20.4. The molecule has 3 nitrogen and oxygen atoms in total. The predicted molar refractivity (Wildman–Crippen MR) is 129 cm³/mol. The number of benzene rings is 1. The maximum absolute atomic E-state index is 11.8. The van der Waals surface area contributed by atoms with Crippen molar-refractivity contribution in [2.75, 3.05) is 44.8 Å². The van der Waals surface area contributed by atoms with E-state index >= 15 is 0 Å². The van der Waals surface area contributed by atoms with E-state index in [1.165, 1.54) is 75.8 Å². The smallest absolute Gasteiger partial charge is 0.306 e. The standard InChI is InChI=1S/C25H45NO2P/c1-5-8-19-29(20-9-6-2,21-10-7-3)22-18-26(17-16-25(27)28-4)23-24-14-12-11-13-15-24/h11-15H,5-10,16-23H2,1-4H3/q+1. The highest BCUT2D eigenvalue weighted by Crippen LogP contribution is 2.60. The lowest BCUT2D eigenvalue weighted by atomic mass is 10.2. The van der Waals surface area contributed by atoms with Crippen LogP contribution in [0.25, 0.3) is 0 Å². The number of methoxy groups -OCH3 is 1. The topological polar surface area (TPSA) is 29.5 Å². The minimum absolute atomic E-state index is 0.105. The fourth-order valence-electron chi connectivity index (χ4n) is 3.97. The number of nitrogens with zero attached hydrogens (tertiary/aromatic N) is 1. The molecule has 0 N–H and O–H groups in total. The Hall–Kier alpha value is -0.920. The van der Waals surface area contributed by atoms with Gasteiger partial charge in [0.2, 0.25) is 0 Å². The summed E-state index contributed by atoms with van der Waals surface area (Å²) in [6, 6.07) is 10.7. The van der Waals surface area contributed by atoms with Gasteiger partial charge < -0.3 is 4.74 Å². The summed E-state index contributed by atoms with van der Waals surface area (Å²) in [5.41, 5.74) is 1.33. The van der Waals surface area contributed by atoms with Crippen LogP contribution in [0.1, 0.15) is 71.3 Å². The van der Waals surface area contributed by atoms with Gasteiger partial charge in [-0.2, -0.15) is 0 Å². The Labute approximate surface area is 180 Å².